The third-order valence-corrected chi connectivity index (χ3v) is 4.03. The molecule has 29 heavy (non-hydrogen) atoms. The normalized spacial score (nSPS) is 10.8. The highest BCUT2D eigenvalue weighted by atomic mass is 16.6. The monoisotopic (exact) mass is 397 g/mol. The van der Waals surface area contributed by atoms with E-state index in [1.54, 1.807) is 0 Å². The zero-order chi connectivity index (χ0) is 21.1. The molecule has 0 atom stereocenters. The van der Waals surface area contributed by atoms with E-state index in [9.17, 15) is 4.79 Å². The Morgan fingerprint density at radius 2 is 1.34 bits per heavy atom. The molecule has 0 heterocycles. The first kappa shape index (κ1) is 22.0. The molecule has 0 saturated heterocycles. The van der Waals surface area contributed by atoms with Crippen molar-refractivity contribution in [2.45, 2.75) is 20.3 Å². The lowest BCUT2D eigenvalue weighted by molar-refractivity contribution is -0.139. The summed E-state index contributed by atoms with van der Waals surface area (Å²) >= 11 is 0. The van der Waals surface area contributed by atoms with Crippen molar-refractivity contribution >= 4 is 17.3 Å². The predicted molar refractivity (Wildman–Crippen MR) is 113 cm³/mol. The van der Waals surface area contributed by atoms with Gasteiger partial charge in [-0.25, -0.2) is 0 Å². The fourth-order valence-electron chi connectivity index (χ4n) is 2.74. The summed E-state index contributed by atoms with van der Waals surface area (Å²) in [5.41, 5.74) is 3.24. The average Bonchev–Trinajstić information content (AvgIpc) is 2.74. The van der Waals surface area contributed by atoms with Crippen LogP contribution >= 0.6 is 0 Å². The molecule has 0 saturated carbocycles. The van der Waals surface area contributed by atoms with Crippen molar-refractivity contribution in [2.75, 3.05) is 27.4 Å². The molecule has 0 fully saturated rings. The summed E-state index contributed by atoms with van der Waals surface area (Å²) in [5.74, 6) is 1.19. The number of esters is 1. The van der Waals surface area contributed by atoms with Gasteiger partial charge in [0.2, 0.25) is 0 Å². The van der Waals surface area contributed by atoms with E-state index in [2.05, 4.69) is 5.16 Å². The molecule has 0 aliphatic heterocycles. The van der Waals surface area contributed by atoms with Gasteiger partial charge in [-0.1, -0.05) is 29.4 Å². The highest BCUT2D eigenvalue weighted by molar-refractivity contribution is 6.10. The molecule has 0 radical (unpaired) electrons. The molecule has 0 aliphatic carbocycles. The summed E-state index contributed by atoms with van der Waals surface area (Å²) in [5, 5.41) is 3.99. The Hall–Kier alpha value is -3.28. The number of rotatable bonds is 10. The lowest BCUT2D eigenvalue weighted by atomic mass is 9.96. The van der Waals surface area contributed by atoms with Crippen LogP contribution in [0.3, 0.4) is 0 Å². The molecule has 154 valence electrons. The van der Waals surface area contributed by atoms with Gasteiger partial charge in [-0.3, -0.25) is 4.79 Å². The van der Waals surface area contributed by atoms with E-state index in [1.165, 1.54) is 14.2 Å². The van der Waals surface area contributed by atoms with E-state index in [1.807, 2.05) is 68.5 Å². The predicted octanol–water partition coefficient (Wildman–Crippen LogP) is 4.48. The van der Waals surface area contributed by atoms with Gasteiger partial charge in [0.1, 0.15) is 18.6 Å². The average molecular weight is 397 g/mol. The summed E-state index contributed by atoms with van der Waals surface area (Å²) in [4.78, 5) is 16.7. The van der Waals surface area contributed by atoms with Gasteiger partial charge in [-0.2, -0.15) is 0 Å². The summed E-state index contributed by atoms with van der Waals surface area (Å²) in [6, 6.07) is 15.5. The lowest BCUT2D eigenvalue weighted by Crippen LogP contribution is -2.08. The van der Waals surface area contributed by atoms with Crippen LogP contribution in [0, 0.1) is 0 Å². The van der Waals surface area contributed by atoms with Crippen LogP contribution in [-0.4, -0.2) is 39.1 Å². The fraction of sp³-hybridized carbons (Fsp3) is 0.304. The highest BCUT2D eigenvalue weighted by Crippen LogP contribution is 2.27. The molecular formula is C23H27NO5. The van der Waals surface area contributed by atoms with Crippen LogP contribution in [0.1, 0.15) is 31.4 Å². The van der Waals surface area contributed by atoms with Crippen molar-refractivity contribution in [1.29, 1.82) is 0 Å². The van der Waals surface area contributed by atoms with E-state index in [-0.39, 0.29) is 6.42 Å². The SMILES string of the molecule is CCOc1ccc(C(=CC(CC(=O)OC)=NOC)c2ccc(OCC)cc2)cc1. The molecule has 0 amide bonds. The minimum absolute atomic E-state index is 0.00188. The molecule has 6 nitrogen and oxygen atoms in total. The van der Waals surface area contributed by atoms with E-state index >= 15 is 0 Å². The molecule has 0 spiro atoms. The standard InChI is InChI=1S/C23H27NO5/c1-5-28-20-11-7-17(8-12-20)22(15-19(24-27-4)16-23(25)26-3)18-9-13-21(14-10-18)29-6-2/h7-15H,5-6,16H2,1-4H3. The minimum Gasteiger partial charge on any atom is -0.494 e. The topological polar surface area (TPSA) is 66.4 Å². The molecule has 0 aromatic heterocycles. The molecule has 2 rings (SSSR count). The molecular weight excluding hydrogens is 370 g/mol. The summed E-state index contributed by atoms with van der Waals surface area (Å²) in [6.45, 7) is 5.09. The number of nitrogens with zero attached hydrogens (tertiary/aromatic N) is 1. The van der Waals surface area contributed by atoms with Crippen LogP contribution in [0.2, 0.25) is 0 Å². The molecule has 0 unspecified atom stereocenters. The Balaban J connectivity index is 2.48. The Labute approximate surface area is 171 Å². The third kappa shape index (κ3) is 6.68. The summed E-state index contributed by atoms with van der Waals surface area (Å²) < 4.78 is 15.8. The Morgan fingerprint density at radius 3 is 1.72 bits per heavy atom. The van der Waals surface area contributed by atoms with Crippen molar-refractivity contribution in [3.8, 4) is 11.5 Å². The number of hydrogen-bond acceptors (Lipinski definition) is 6. The zero-order valence-electron chi connectivity index (χ0n) is 17.3. The second-order valence-corrected chi connectivity index (χ2v) is 5.99. The van der Waals surface area contributed by atoms with Crippen LogP contribution in [-0.2, 0) is 14.4 Å². The molecule has 0 N–H and O–H groups in total. The highest BCUT2D eigenvalue weighted by Gasteiger charge is 2.12. The number of methoxy groups -OCH3 is 1. The second-order valence-electron chi connectivity index (χ2n) is 5.99. The number of benzene rings is 2. The third-order valence-electron chi connectivity index (χ3n) is 4.03. The first-order chi connectivity index (χ1) is 14.1. The van der Waals surface area contributed by atoms with Crippen molar-refractivity contribution in [2.24, 2.45) is 5.16 Å². The van der Waals surface area contributed by atoms with Gasteiger partial charge in [0.25, 0.3) is 0 Å². The van der Waals surface area contributed by atoms with Crippen LogP contribution in [0.15, 0.2) is 59.8 Å². The number of ether oxygens (including phenoxy) is 3. The quantitative estimate of drug-likeness (QED) is 0.336. The van der Waals surface area contributed by atoms with Gasteiger partial charge in [-0.05, 0) is 60.9 Å². The van der Waals surface area contributed by atoms with Crippen LogP contribution in [0.5, 0.6) is 11.5 Å². The Bertz CT molecular complexity index is 787. The number of carbonyl (C=O) groups excluding carboxylic acids is 1. The summed E-state index contributed by atoms with van der Waals surface area (Å²) in [6.07, 6.45) is 1.83. The molecule has 2 aromatic rings. The van der Waals surface area contributed by atoms with E-state index < -0.39 is 5.97 Å². The van der Waals surface area contributed by atoms with Crippen molar-refractivity contribution in [3.63, 3.8) is 0 Å². The van der Waals surface area contributed by atoms with Gasteiger partial charge >= 0.3 is 5.97 Å². The maximum atomic E-state index is 11.8. The Kier molecular flexibility index (Phi) is 8.76. The minimum atomic E-state index is -0.394. The zero-order valence-corrected chi connectivity index (χ0v) is 17.3. The maximum absolute atomic E-state index is 11.8. The van der Waals surface area contributed by atoms with E-state index in [4.69, 9.17) is 19.0 Å². The molecule has 0 aliphatic rings. The van der Waals surface area contributed by atoms with Crippen LogP contribution < -0.4 is 9.47 Å². The number of hydrogen-bond donors (Lipinski definition) is 0. The van der Waals surface area contributed by atoms with Gasteiger partial charge in [0.05, 0.1) is 32.5 Å². The van der Waals surface area contributed by atoms with Crippen LogP contribution in [0.25, 0.3) is 5.57 Å². The summed E-state index contributed by atoms with van der Waals surface area (Å²) in [7, 11) is 2.79. The van der Waals surface area contributed by atoms with Gasteiger partial charge < -0.3 is 19.0 Å². The van der Waals surface area contributed by atoms with Crippen molar-refractivity contribution < 1.29 is 23.8 Å². The van der Waals surface area contributed by atoms with Crippen molar-refractivity contribution in [3.05, 3.63) is 65.7 Å². The van der Waals surface area contributed by atoms with Crippen molar-refractivity contribution in [1.82, 2.24) is 0 Å². The van der Waals surface area contributed by atoms with E-state index in [0.717, 1.165) is 28.2 Å². The fourth-order valence-corrected chi connectivity index (χ4v) is 2.74. The molecule has 2 aromatic carbocycles. The Morgan fingerprint density at radius 1 is 0.862 bits per heavy atom. The molecule has 0 bridgehead atoms. The smallest absolute Gasteiger partial charge is 0.311 e. The first-order valence-corrected chi connectivity index (χ1v) is 9.46. The number of oxime groups is 1. The van der Waals surface area contributed by atoms with Gasteiger partial charge in [-0.15, -0.1) is 0 Å². The largest absolute Gasteiger partial charge is 0.494 e. The van der Waals surface area contributed by atoms with E-state index in [0.29, 0.717) is 18.9 Å². The van der Waals surface area contributed by atoms with Gasteiger partial charge in [0.15, 0.2) is 0 Å². The first-order valence-electron chi connectivity index (χ1n) is 9.46. The second kappa shape index (κ2) is 11.5. The van der Waals surface area contributed by atoms with Gasteiger partial charge in [0, 0.05) is 0 Å². The lowest BCUT2D eigenvalue weighted by Gasteiger charge is -2.12. The molecule has 6 heteroatoms. The number of allylic oxidation sites excluding steroid dienone is 1. The van der Waals surface area contributed by atoms with Crippen LogP contribution in [0.4, 0.5) is 0 Å². The maximum Gasteiger partial charge on any atom is 0.311 e. The number of carbonyl (C=O) groups is 1.